The Labute approximate surface area is 131 Å². The van der Waals surface area contributed by atoms with Gasteiger partial charge in [-0.1, -0.05) is 11.6 Å². The quantitative estimate of drug-likeness (QED) is 0.932. The van der Waals surface area contributed by atoms with Gasteiger partial charge in [0.15, 0.2) is 0 Å². The van der Waals surface area contributed by atoms with Gasteiger partial charge in [0.25, 0.3) is 5.91 Å². The van der Waals surface area contributed by atoms with Crippen molar-refractivity contribution < 1.29 is 4.79 Å². The first-order chi connectivity index (χ1) is 10.2. The molecule has 1 N–H and O–H groups in total. The van der Waals surface area contributed by atoms with Gasteiger partial charge in [-0.25, -0.2) is 0 Å². The van der Waals surface area contributed by atoms with Gasteiger partial charge in [-0.3, -0.25) is 4.79 Å². The van der Waals surface area contributed by atoms with Crippen molar-refractivity contribution in [3.63, 3.8) is 0 Å². The summed E-state index contributed by atoms with van der Waals surface area (Å²) in [5.41, 5.74) is 1.58. The van der Waals surface area contributed by atoms with Gasteiger partial charge < -0.3 is 15.1 Å². The number of carbonyl (C=O) groups excluding carboxylic acids is 1. The molecule has 114 valence electrons. The van der Waals surface area contributed by atoms with Crippen molar-refractivity contribution in [2.75, 3.05) is 38.0 Å². The van der Waals surface area contributed by atoms with Gasteiger partial charge >= 0.3 is 0 Å². The zero-order valence-electron chi connectivity index (χ0n) is 12.4. The monoisotopic (exact) mass is 307 g/mol. The predicted octanol–water partition coefficient (Wildman–Crippen LogP) is 2.69. The molecule has 3 aliphatic heterocycles. The van der Waals surface area contributed by atoms with Crippen LogP contribution < -0.4 is 5.32 Å². The zero-order chi connectivity index (χ0) is 14.8. The van der Waals surface area contributed by atoms with E-state index in [4.69, 9.17) is 11.6 Å². The Kier molecular flexibility index (Phi) is 4.36. The topological polar surface area (TPSA) is 35.6 Å². The summed E-state index contributed by atoms with van der Waals surface area (Å²) >= 11 is 6.10. The number of nitrogens with zero attached hydrogens (tertiary/aromatic N) is 2. The lowest BCUT2D eigenvalue weighted by Gasteiger charge is -2.32. The molecule has 4 rings (SSSR count). The molecule has 21 heavy (non-hydrogen) atoms. The van der Waals surface area contributed by atoms with Crippen LogP contribution in [0.15, 0.2) is 18.2 Å². The number of halogens is 1. The Morgan fingerprint density at radius 2 is 2.05 bits per heavy atom. The van der Waals surface area contributed by atoms with E-state index in [-0.39, 0.29) is 5.91 Å². The van der Waals surface area contributed by atoms with Crippen LogP contribution in [0.25, 0.3) is 0 Å². The highest BCUT2D eigenvalue weighted by Crippen LogP contribution is 2.27. The van der Waals surface area contributed by atoms with E-state index in [2.05, 4.69) is 15.1 Å². The maximum atomic E-state index is 13.0. The molecular weight excluding hydrogens is 286 g/mol. The standard InChI is InChI=1S/C16H22ClN3O/c1-2-18-15-4-3-12(17)11-14(15)16(21)20-10-9-19-7-5-13(20)6-8-19/h3-4,11,13,18H,2,5-10H2,1H3. The minimum Gasteiger partial charge on any atom is -0.385 e. The number of hydrogen-bond acceptors (Lipinski definition) is 3. The molecule has 0 saturated carbocycles. The summed E-state index contributed by atoms with van der Waals surface area (Å²) < 4.78 is 0. The number of hydrogen-bond donors (Lipinski definition) is 1. The van der Waals surface area contributed by atoms with E-state index >= 15 is 0 Å². The molecule has 0 aliphatic carbocycles. The van der Waals surface area contributed by atoms with E-state index in [0.29, 0.717) is 16.6 Å². The van der Waals surface area contributed by atoms with Gasteiger partial charge in [-0.05, 0) is 38.0 Å². The van der Waals surface area contributed by atoms with E-state index in [9.17, 15) is 4.79 Å². The van der Waals surface area contributed by atoms with Gasteiger partial charge in [-0.2, -0.15) is 0 Å². The second-order valence-electron chi connectivity index (χ2n) is 5.79. The van der Waals surface area contributed by atoms with Gasteiger partial charge in [0.05, 0.1) is 5.56 Å². The van der Waals surface area contributed by atoms with E-state index in [1.165, 1.54) is 0 Å². The molecule has 0 spiro atoms. The SMILES string of the molecule is CCNc1ccc(Cl)cc1C(=O)N1CCN2CCC1CC2. The average Bonchev–Trinajstić information content (AvgIpc) is 2.82. The first kappa shape index (κ1) is 14.7. The molecule has 2 bridgehead atoms. The van der Waals surface area contributed by atoms with Crippen molar-refractivity contribution in [1.82, 2.24) is 9.80 Å². The second-order valence-corrected chi connectivity index (χ2v) is 6.23. The van der Waals surface area contributed by atoms with Crippen LogP contribution in [0.4, 0.5) is 5.69 Å². The fraction of sp³-hybridized carbons (Fsp3) is 0.562. The summed E-state index contributed by atoms with van der Waals surface area (Å²) in [7, 11) is 0. The molecule has 0 atom stereocenters. The molecule has 5 heteroatoms. The number of fused-ring (bicyclic) bond motifs is 4. The summed E-state index contributed by atoms with van der Waals surface area (Å²) in [6, 6.07) is 5.90. The highest BCUT2D eigenvalue weighted by molar-refractivity contribution is 6.31. The molecule has 1 aromatic carbocycles. The number of piperidine rings is 1. The molecule has 3 aliphatic rings. The van der Waals surface area contributed by atoms with Crippen LogP contribution in [0.1, 0.15) is 30.1 Å². The van der Waals surface area contributed by atoms with Crippen molar-refractivity contribution in [3.8, 4) is 0 Å². The number of rotatable bonds is 3. The van der Waals surface area contributed by atoms with Gasteiger partial charge in [0.1, 0.15) is 0 Å². The fourth-order valence-corrected chi connectivity index (χ4v) is 3.52. The van der Waals surface area contributed by atoms with E-state index in [1.807, 2.05) is 19.1 Å². The normalized spacial score (nSPS) is 24.8. The molecule has 3 fully saturated rings. The highest BCUT2D eigenvalue weighted by Gasteiger charge is 2.33. The first-order valence-electron chi connectivity index (χ1n) is 7.76. The summed E-state index contributed by atoms with van der Waals surface area (Å²) in [4.78, 5) is 17.5. The molecule has 1 aromatic rings. The van der Waals surface area contributed by atoms with Crippen molar-refractivity contribution in [2.24, 2.45) is 0 Å². The van der Waals surface area contributed by atoms with Gasteiger partial charge in [-0.15, -0.1) is 0 Å². The Bertz CT molecular complexity index is 526. The molecule has 4 nitrogen and oxygen atoms in total. The van der Waals surface area contributed by atoms with Crippen LogP contribution in [0.3, 0.4) is 0 Å². The largest absolute Gasteiger partial charge is 0.385 e. The molecule has 0 aromatic heterocycles. The summed E-state index contributed by atoms with van der Waals surface area (Å²) in [5, 5.41) is 3.88. The van der Waals surface area contributed by atoms with Crippen LogP contribution in [-0.2, 0) is 0 Å². The maximum absolute atomic E-state index is 13.0. The Morgan fingerprint density at radius 3 is 2.76 bits per heavy atom. The van der Waals surface area contributed by atoms with E-state index in [1.54, 1.807) is 6.07 Å². The summed E-state index contributed by atoms with van der Waals surface area (Å²) in [6.07, 6.45) is 2.17. The lowest BCUT2D eigenvalue weighted by atomic mass is 10.0. The lowest BCUT2D eigenvalue weighted by molar-refractivity contribution is 0.0686. The Hall–Kier alpha value is -1.26. The van der Waals surface area contributed by atoms with Crippen molar-refractivity contribution >= 4 is 23.2 Å². The average molecular weight is 308 g/mol. The third-order valence-electron chi connectivity index (χ3n) is 4.50. The van der Waals surface area contributed by atoms with Crippen molar-refractivity contribution in [1.29, 1.82) is 0 Å². The molecule has 3 saturated heterocycles. The van der Waals surface area contributed by atoms with Crippen molar-refractivity contribution in [2.45, 2.75) is 25.8 Å². The minimum absolute atomic E-state index is 0.113. The van der Waals surface area contributed by atoms with Crippen molar-refractivity contribution in [3.05, 3.63) is 28.8 Å². The summed E-state index contributed by atoms with van der Waals surface area (Å²) in [6.45, 7) is 6.86. The number of amides is 1. The Morgan fingerprint density at radius 1 is 1.29 bits per heavy atom. The third-order valence-corrected chi connectivity index (χ3v) is 4.73. The molecule has 3 heterocycles. The van der Waals surface area contributed by atoms with Crippen LogP contribution >= 0.6 is 11.6 Å². The predicted molar refractivity (Wildman–Crippen MR) is 86.1 cm³/mol. The first-order valence-corrected chi connectivity index (χ1v) is 8.13. The number of benzene rings is 1. The summed E-state index contributed by atoms with van der Waals surface area (Å²) in [5.74, 6) is 0.113. The van der Waals surface area contributed by atoms with E-state index < -0.39 is 0 Å². The fourth-order valence-electron chi connectivity index (χ4n) is 3.35. The van der Waals surface area contributed by atoms with Crippen LogP contribution in [-0.4, -0.2) is 54.5 Å². The highest BCUT2D eigenvalue weighted by atomic mass is 35.5. The number of carbonyl (C=O) groups is 1. The maximum Gasteiger partial charge on any atom is 0.256 e. The molecule has 0 radical (unpaired) electrons. The molecular formula is C16H22ClN3O. The number of anilines is 1. The smallest absolute Gasteiger partial charge is 0.256 e. The Balaban J connectivity index is 1.88. The molecule has 1 amide bonds. The van der Waals surface area contributed by atoms with Crippen LogP contribution in [0.2, 0.25) is 5.02 Å². The van der Waals surface area contributed by atoms with Crippen LogP contribution in [0, 0.1) is 0 Å². The third kappa shape index (κ3) is 3.01. The van der Waals surface area contributed by atoms with Gasteiger partial charge in [0.2, 0.25) is 0 Å². The van der Waals surface area contributed by atoms with E-state index in [0.717, 1.165) is 51.3 Å². The van der Waals surface area contributed by atoms with Crippen LogP contribution in [0.5, 0.6) is 0 Å². The molecule has 0 unspecified atom stereocenters. The lowest BCUT2D eigenvalue weighted by Crippen LogP contribution is -2.41. The minimum atomic E-state index is 0.113. The van der Waals surface area contributed by atoms with Gasteiger partial charge in [0, 0.05) is 49.5 Å². The zero-order valence-corrected chi connectivity index (χ0v) is 13.2. The second kappa shape index (κ2) is 6.24. The number of nitrogens with one attached hydrogen (secondary N) is 1.